The molecule has 208 valence electrons. The minimum Gasteiger partial charge on any atom is -0.494 e. The van der Waals surface area contributed by atoms with Gasteiger partial charge in [-0.3, -0.25) is 9.48 Å². The molecule has 1 fully saturated rings. The number of Topliss-reactive ketones (excluding diaryl/α,β-unsaturated/α-hetero) is 1. The maximum Gasteiger partial charge on any atom is 0.184 e. The van der Waals surface area contributed by atoms with Crippen molar-refractivity contribution in [1.82, 2.24) is 24.7 Å². The fourth-order valence-electron chi connectivity index (χ4n) is 4.19. The predicted octanol–water partition coefficient (Wildman–Crippen LogP) is 3.75. The standard InChI is InChI=1S/C28H31N7O5/c1-35-16-31-28(34-35)20-5-4-6-22(27(20)39-3)32-23-11-25(30-13-21(23)26(37)17-7-8-17)33-24-10-9-18(12-29-24)40-19(14-36)15-38-2/h4-6,9-13,16-17,19,36H,7-8,14-15H2,1-3H3,(H2,29,30,32,33). The number of carbonyl (C=O) groups excluding carboxylic acids is 1. The van der Waals surface area contributed by atoms with Crippen molar-refractivity contribution < 1.29 is 24.1 Å². The summed E-state index contributed by atoms with van der Waals surface area (Å²) in [5, 5.41) is 20.4. The summed E-state index contributed by atoms with van der Waals surface area (Å²) in [6, 6.07) is 10.9. The highest BCUT2D eigenvalue weighted by Gasteiger charge is 2.32. The van der Waals surface area contributed by atoms with Crippen molar-refractivity contribution in [2.24, 2.45) is 13.0 Å². The van der Waals surface area contributed by atoms with E-state index in [2.05, 4.69) is 30.7 Å². The lowest BCUT2D eigenvalue weighted by Crippen LogP contribution is -2.26. The van der Waals surface area contributed by atoms with E-state index in [9.17, 15) is 9.90 Å². The number of nitrogens with one attached hydrogen (secondary N) is 2. The molecule has 1 unspecified atom stereocenters. The maximum absolute atomic E-state index is 13.1. The van der Waals surface area contributed by atoms with Crippen molar-refractivity contribution in [1.29, 1.82) is 0 Å². The smallest absolute Gasteiger partial charge is 0.184 e. The van der Waals surface area contributed by atoms with E-state index in [1.165, 1.54) is 0 Å². The Morgan fingerprint density at radius 2 is 1.90 bits per heavy atom. The first kappa shape index (κ1) is 27.0. The SMILES string of the molecule is COCC(CO)Oc1ccc(Nc2cc(Nc3cccc(-c4ncn(C)n4)c3OC)c(C(=O)C3CC3)cn2)nc1. The number of rotatable bonds is 13. The highest BCUT2D eigenvalue weighted by atomic mass is 16.5. The van der Waals surface area contributed by atoms with Gasteiger partial charge in [-0.05, 0) is 37.1 Å². The number of para-hydroxylation sites is 1. The van der Waals surface area contributed by atoms with Crippen LogP contribution in [0.3, 0.4) is 0 Å². The third-order valence-corrected chi connectivity index (χ3v) is 6.30. The van der Waals surface area contributed by atoms with Crippen LogP contribution in [0, 0.1) is 5.92 Å². The number of aliphatic hydroxyl groups is 1. The van der Waals surface area contributed by atoms with Gasteiger partial charge in [0.25, 0.3) is 0 Å². The zero-order valence-electron chi connectivity index (χ0n) is 22.5. The monoisotopic (exact) mass is 545 g/mol. The second-order valence-corrected chi connectivity index (χ2v) is 9.39. The Hall–Kier alpha value is -4.55. The zero-order valence-corrected chi connectivity index (χ0v) is 22.5. The Balaban J connectivity index is 1.41. The van der Waals surface area contributed by atoms with Crippen molar-refractivity contribution >= 4 is 28.8 Å². The van der Waals surface area contributed by atoms with Gasteiger partial charge in [-0.1, -0.05) is 6.07 Å². The number of aliphatic hydroxyl groups excluding tert-OH is 1. The molecule has 0 spiro atoms. The van der Waals surface area contributed by atoms with Crippen molar-refractivity contribution in [2.75, 3.05) is 38.1 Å². The normalized spacial score (nSPS) is 13.5. The first-order valence-electron chi connectivity index (χ1n) is 12.8. The van der Waals surface area contributed by atoms with Crippen LogP contribution >= 0.6 is 0 Å². The van der Waals surface area contributed by atoms with Crippen molar-refractivity contribution in [2.45, 2.75) is 18.9 Å². The molecular weight excluding hydrogens is 514 g/mol. The van der Waals surface area contributed by atoms with Crippen LogP contribution in [-0.4, -0.2) is 69.2 Å². The van der Waals surface area contributed by atoms with E-state index in [0.717, 1.165) is 18.4 Å². The van der Waals surface area contributed by atoms with E-state index in [0.29, 0.717) is 45.9 Å². The van der Waals surface area contributed by atoms with E-state index >= 15 is 0 Å². The van der Waals surface area contributed by atoms with Crippen molar-refractivity contribution in [3.63, 3.8) is 0 Å². The number of ether oxygens (including phenoxy) is 3. The van der Waals surface area contributed by atoms with Gasteiger partial charge in [0.05, 0.1) is 49.0 Å². The van der Waals surface area contributed by atoms with Crippen LogP contribution in [0.1, 0.15) is 23.2 Å². The maximum atomic E-state index is 13.1. The molecule has 1 aliphatic carbocycles. The Labute approximate surface area is 231 Å². The molecule has 5 rings (SSSR count). The van der Waals surface area contributed by atoms with Crippen LogP contribution in [0.15, 0.2) is 55.1 Å². The van der Waals surface area contributed by atoms with Gasteiger partial charge in [0, 0.05) is 32.3 Å². The highest BCUT2D eigenvalue weighted by Crippen LogP contribution is 2.39. The fourth-order valence-corrected chi connectivity index (χ4v) is 4.19. The average molecular weight is 546 g/mol. The van der Waals surface area contributed by atoms with Crippen LogP contribution in [0.25, 0.3) is 11.4 Å². The van der Waals surface area contributed by atoms with Gasteiger partial charge in [-0.2, -0.15) is 5.10 Å². The van der Waals surface area contributed by atoms with Crippen LogP contribution in [-0.2, 0) is 11.8 Å². The molecule has 3 aromatic heterocycles. The van der Waals surface area contributed by atoms with E-state index in [4.69, 9.17) is 14.2 Å². The van der Waals surface area contributed by atoms with Gasteiger partial charge < -0.3 is 30.0 Å². The molecule has 1 saturated carbocycles. The first-order chi connectivity index (χ1) is 19.5. The summed E-state index contributed by atoms with van der Waals surface area (Å²) in [6.07, 6.45) is 6.02. The van der Waals surface area contributed by atoms with Gasteiger partial charge in [0.15, 0.2) is 17.4 Å². The molecule has 1 atom stereocenters. The van der Waals surface area contributed by atoms with E-state index in [-0.39, 0.29) is 24.9 Å². The van der Waals surface area contributed by atoms with E-state index in [1.807, 2.05) is 18.2 Å². The van der Waals surface area contributed by atoms with Gasteiger partial charge in [-0.15, -0.1) is 0 Å². The fraction of sp³-hybridized carbons (Fsp3) is 0.321. The summed E-state index contributed by atoms with van der Waals surface area (Å²) in [7, 11) is 4.93. The summed E-state index contributed by atoms with van der Waals surface area (Å²) in [5.74, 6) is 2.67. The average Bonchev–Trinajstić information content (AvgIpc) is 3.73. The second-order valence-electron chi connectivity index (χ2n) is 9.39. The lowest BCUT2D eigenvalue weighted by atomic mass is 10.1. The van der Waals surface area contributed by atoms with Gasteiger partial charge >= 0.3 is 0 Å². The number of anilines is 4. The molecule has 3 heterocycles. The number of ketones is 1. The second kappa shape index (κ2) is 12.1. The summed E-state index contributed by atoms with van der Waals surface area (Å²) in [5.41, 5.74) is 2.46. The molecular formula is C28H31N7O5. The molecule has 1 aromatic carbocycles. The number of aryl methyl sites for hydroxylation is 1. The van der Waals surface area contributed by atoms with Crippen LogP contribution in [0.2, 0.25) is 0 Å². The quantitative estimate of drug-likeness (QED) is 0.211. The minimum absolute atomic E-state index is 0.0159. The zero-order chi connectivity index (χ0) is 28.1. The van der Waals surface area contributed by atoms with Crippen LogP contribution in [0.4, 0.5) is 23.0 Å². The number of aromatic nitrogens is 5. The first-order valence-corrected chi connectivity index (χ1v) is 12.8. The van der Waals surface area contributed by atoms with Crippen LogP contribution < -0.4 is 20.1 Å². The Morgan fingerprint density at radius 1 is 1.07 bits per heavy atom. The Bertz CT molecular complexity index is 1470. The topological polar surface area (TPSA) is 146 Å². The van der Waals surface area contributed by atoms with Gasteiger partial charge in [0.1, 0.15) is 29.8 Å². The van der Waals surface area contributed by atoms with E-state index < -0.39 is 6.10 Å². The molecule has 12 nitrogen and oxygen atoms in total. The molecule has 4 aromatic rings. The third-order valence-electron chi connectivity index (χ3n) is 6.30. The highest BCUT2D eigenvalue weighted by molar-refractivity contribution is 6.04. The van der Waals surface area contributed by atoms with Crippen LogP contribution in [0.5, 0.6) is 11.5 Å². The number of carbonyl (C=O) groups is 1. The Morgan fingerprint density at radius 3 is 2.55 bits per heavy atom. The number of nitrogens with zero attached hydrogens (tertiary/aromatic N) is 5. The molecule has 40 heavy (non-hydrogen) atoms. The predicted molar refractivity (Wildman–Crippen MR) is 148 cm³/mol. The molecule has 0 saturated heterocycles. The van der Waals surface area contributed by atoms with E-state index in [1.54, 1.807) is 62.9 Å². The number of hydrogen-bond acceptors (Lipinski definition) is 11. The molecule has 0 radical (unpaired) electrons. The largest absolute Gasteiger partial charge is 0.494 e. The van der Waals surface area contributed by atoms with Gasteiger partial charge in [-0.25, -0.2) is 15.0 Å². The molecule has 3 N–H and O–H groups in total. The molecule has 0 aliphatic heterocycles. The Kier molecular flexibility index (Phi) is 8.18. The summed E-state index contributed by atoms with van der Waals surface area (Å²) >= 11 is 0. The number of hydrogen-bond donors (Lipinski definition) is 3. The summed E-state index contributed by atoms with van der Waals surface area (Å²) in [6.45, 7) is 0.0831. The minimum atomic E-state index is -0.485. The number of methoxy groups -OCH3 is 2. The third kappa shape index (κ3) is 6.19. The molecule has 0 amide bonds. The lowest BCUT2D eigenvalue weighted by molar-refractivity contribution is 0.0411. The van der Waals surface area contributed by atoms with Crippen molar-refractivity contribution in [3.8, 4) is 22.9 Å². The molecule has 1 aliphatic rings. The summed E-state index contributed by atoms with van der Waals surface area (Å²) in [4.78, 5) is 26.3. The lowest BCUT2D eigenvalue weighted by Gasteiger charge is -2.17. The summed E-state index contributed by atoms with van der Waals surface area (Å²) < 4.78 is 18.1. The number of benzene rings is 1. The van der Waals surface area contributed by atoms with Crippen molar-refractivity contribution in [3.05, 3.63) is 60.7 Å². The molecule has 0 bridgehead atoms. The molecule has 12 heteroatoms. The number of pyridine rings is 2. The van der Waals surface area contributed by atoms with Gasteiger partial charge in [0.2, 0.25) is 0 Å².